The standard InChI is InChI=1S/C8H6BrFO2.C7H4BrFO2.CH4O.Cl2OS/c1-12-8(11)6-3-2-5(9)4-7(6)10;8-4-1-2-5(7(10)11)6(9)3-4;1-2;1-4(2)3/h2-4H,1H3;1-3H,(H,10,11);2H,1H3;. The molecule has 0 aromatic heterocycles. The van der Waals surface area contributed by atoms with Crippen molar-refractivity contribution in [2.24, 2.45) is 0 Å². The molecule has 2 aromatic rings. The highest BCUT2D eigenvalue weighted by molar-refractivity contribution is 9.10. The first-order chi connectivity index (χ1) is 13.5. The molecule has 2 aromatic carbocycles. The van der Waals surface area contributed by atoms with Crippen LogP contribution in [-0.4, -0.2) is 40.6 Å². The maximum atomic E-state index is 13.0. The number of halogens is 6. The van der Waals surface area contributed by atoms with Gasteiger partial charge in [0.25, 0.3) is 0 Å². The zero-order valence-corrected chi connectivity index (χ0v) is 20.2. The average Bonchev–Trinajstić information content (AvgIpc) is 2.62. The van der Waals surface area contributed by atoms with Crippen molar-refractivity contribution in [3.8, 4) is 0 Å². The lowest BCUT2D eigenvalue weighted by Gasteiger charge is -2.00. The van der Waals surface area contributed by atoms with E-state index in [1.54, 1.807) is 6.07 Å². The Kier molecular flexibility index (Phi) is 17.3. The highest BCUT2D eigenvalue weighted by atomic mass is 79.9. The molecule has 0 saturated carbocycles. The van der Waals surface area contributed by atoms with E-state index in [1.807, 2.05) is 0 Å². The summed E-state index contributed by atoms with van der Waals surface area (Å²) in [7, 11) is 9.57. The predicted molar refractivity (Wildman–Crippen MR) is 114 cm³/mol. The lowest BCUT2D eigenvalue weighted by atomic mass is 10.2. The van der Waals surface area contributed by atoms with E-state index >= 15 is 0 Å². The van der Waals surface area contributed by atoms with E-state index in [2.05, 4.69) is 58.0 Å². The van der Waals surface area contributed by atoms with E-state index in [0.717, 1.165) is 13.2 Å². The first-order valence-electron chi connectivity index (χ1n) is 6.90. The minimum absolute atomic E-state index is 0.0549. The zero-order chi connectivity index (χ0) is 23.1. The maximum absolute atomic E-state index is 13.0. The van der Waals surface area contributed by atoms with Gasteiger partial charge in [-0.3, -0.25) is 0 Å². The number of carboxylic acids is 1. The third kappa shape index (κ3) is 13.7. The summed E-state index contributed by atoms with van der Waals surface area (Å²) in [5.41, 5.74) is -0.367. The van der Waals surface area contributed by atoms with Crippen molar-refractivity contribution in [1.82, 2.24) is 0 Å². The van der Waals surface area contributed by atoms with Crippen molar-refractivity contribution >= 4 is 74.4 Å². The summed E-state index contributed by atoms with van der Waals surface area (Å²) in [5, 5.41) is 15.4. The number of methoxy groups -OCH3 is 1. The molecule has 0 aliphatic rings. The van der Waals surface area contributed by atoms with Crippen molar-refractivity contribution < 1.29 is 37.5 Å². The van der Waals surface area contributed by atoms with Gasteiger partial charge in [0.2, 0.25) is 9.23 Å². The molecule has 0 fully saturated rings. The molecule has 0 amide bonds. The van der Waals surface area contributed by atoms with Gasteiger partial charge in [-0.25, -0.2) is 22.6 Å². The van der Waals surface area contributed by atoms with Gasteiger partial charge in [-0.2, -0.15) is 0 Å². The number of ether oxygens (including phenoxy) is 1. The second-order valence-corrected chi connectivity index (χ2v) is 8.58. The normalized spacial score (nSPS) is 9.03. The number of carbonyl (C=O) groups excluding carboxylic acids is 1. The zero-order valence-electron chi connectivity index (χ0n) is 14.7. The van der Waals surface area contributed by atoms with Gasteiger partial charge in [0.1, 0.15) is 11.6 Å². The molecule has 162 valence electrons. The molecule has 0 aliphatic carbocycles. The number of aromatic carboxylic acids is 1. The number of hydrogen-bond acceptors (Lipinski definition) is 5. The molecule has 0 bridgehead atoms. The molecule has 0 atom stereocenters. The van der Waals surface area contributed by atoms with Gasteiger partial charge >= 0.3 is 11.9 Å². The smallest absolute Gasteiger partial charge is 0.340 e. The predicted octanol–water partition coefficient (Wildman–Crippen LogP) is 5.31. The average molecular weight is 603 g/mol. The second kappa shape index (κ2) is 16.7. The lowest BCUT2D eigenvalue weighted by Crippen LogP contribution is -2.03. The number of aliphatic hydroxyl groups excluding tert-OH is 1. The topological polar surface area (TPSA) is 101 Å². The molecule has 0 heterocycles. The van der Waals surface area contributed by atoms with E-state index in [4.69, 9.17) is 14.4 Å². The second-order valence-electron chi connectivity index (χ2n) is 4.23. The maximum Gasteiger partial charge on any atom is 0.340 e. The largest absolute Gasteiger partial charge is 0.478 e. The fraction of sp³-hybridized carbons (Fsp3) is 0.125. The van der Waals surface area contributed by atoms with Crippen LogP contribution in [0.3, 0.4) is 0 Å². The van der Waals surface area contributed by atoms with Crippen LogP contribution in [0.4, 0.5) is 8.78 Å². The molecule has 29 heavy (non-hydrogen) atoms. The van der Waals surface area contributed by atoms with Crippen LogP contribution in [0.5, 0.6) is 0 Å². The van der Waals surface area contributed by atoms with Crippen LogP contribution >= 0.6 is 53.2 Å². The molecule has 0 unspecified atom stereocenters. The quantitative estimate of drug-likeness (QED) is 0.357. The Morgan fingerprint density at radius 2 is 1.31 bits per heavy atom. The molecule has 0 saturated heterocycles. The van der Waals surface area contributed by atoms with Crippen molar-refractivity contribution in [3.05, 3.63) is 68.1 Å². The number of aliphatic hydroxyl groups is 1. The minimum Gasteiger partial charge on any atom is -0.478 e. The fourth-order valence-electron chi connectivity index (χ4n) is 1.43. The summed E-state index contributed by atoms with van der Waals surface area (Å²) in [6, 6.07) is 7.96. The Balaban J connectivity index is 0. The number of carbonyl (C=O) groups is 2. The molecule has 0 spiro atoms. The van der Waals surface area contributed by atoms with Crippen LogP contribution in [0.2, 0.25) is 0 Å². The third-order valence-corrected chi connectivity index (χ3v) is 3.48. The van der Waals surface area contributed by atoms with Crippen LogP contribution in [0, 0.1) is 11.6 Å². The van der Waals surface area contributed by atoms with Gasteiger partial charge in [-0.15, -0.1) is 0 Å². The van der Waals surface area contributed by atoms with Crippen LogP contribution in [-0.2, 0) is 14.0 Å². The van der Waals surface area contributed by atoms with Crippen molar-refractivity contribution in [2.45, 2.75) is 0 Å². The molecule has 6 nitrogen and oxygen atoms in total. The molecule has 13 heteroatoms. The van der Waals surface area contributed by atoms with E-state index < -0.39 is 32.8 Å². The van der Waals surface area contributed by atoms with Crippen molar-refractivity contribution in [1.29, 1.82) is 0 Å². The third-order valence-electron chi connectivity index (χ3n) is 2.50. The number of benzene rings is 2. The van der Waals surface area contributed by atoms with Gasteiger partial charge in [0, 0.05) is 37.4 Å². The van der Waals surface area contributed by atoms with E-state index in [0.29, 0.717) is 8.95 Å². The Morgan fingerprint density at radius 3 is 1.59 bits per heavy atom. The van der Waals surface area contributed by atoms with E-state index in [1.165, 1.54) is 31.4 Å². The first kappa shape index (κ1) is 30.1. The van der Waals surface area contributed by atoms with E-state index in [-0.39, 0.29) is 11.1 Å². The van der Waals surface area contributed by atoms with Crippen LogP contribution in [0.15, 0.2) is 45.3 Å². The Hall–Kier alpha value is -1.11. The van der Waals surface area contributed by atoms with Crippen LogP contribution < -0.4 is 0 Å². The molecule has 0 aliphatic heterocycles. The number of esters is 1. The summed E-state index contributed by atoms with van der Waals surface area (Å²) in [6.07, 6.45) is 0. The van der Waals surface area contributed by atoms with Crippen LogP contribution in [0.1, 0.15) is 20.7 Å². The molecule has 0 radical (unpaired) electrons. The summed E-state index contributed by atoms with van der Waals surface area (Å²) in [5.74, 6) is -3.24. The Labute approximate surface area is 193 Å². The van der Waals surface area contributed by atoms with E-state index in [9.17, 15) is 18.4 Å². The summed E-state index contributed by atoms with van der Waals surface area (Å²) in [6.45, 7) is 0. The number of carboxylic acid groups (broad SMARTS) is 1. The van der Waals surface area contributed by atoms with Crippen molar-refractivity contribution in [2.75, 3.05) is 14.2 Å². The molecule has 2 N–H and O–H groups in total. The fourth-order valence-corrected chi connectivity index (χ4v) is 2.09. The Morgan fingerprint density at radius 1 is 0.966 bits per heavy atom. The van der Waals surface area contributed by atoms with Crippen molar-refractivity contribution in [3.63, 3.8) is 0 Å². The summed E-state index contributed by atoms with van der Waals surface area (Å²) >= 11 is 6.09. The lowest BCUT2D eigenvalue weighted by molar-refractivity contribution is 0.0594. The number of hydrogen-bond donors (Lipinski definition) is 2. The van der Waals surface area contributed by atoms with Gasteiger partial charge in [0.15, 0.2) is 0 Å². The van der Waals surface area contributed by atoms with Gasteiger partial charge in [0.05, 0.1) is 18.2 Å². The van der Waals surface area contributed by atoms with Gasteiger partial charge in [-0.1, -0.05) is 31.9 Å². The summed E-state index contributed by atoms with van der Waals surface area (Å²) in [4.78, 5) is 21.1. The van der Waals surface area contributed by atoms with Crippen LogP contribution in [0.25, 0.3) is 0 Å². The summed E-state index contributed by atoms with van der Waals surface area (Å²) < 4.78 is 40.2. The first-order valence-corrected chi connectivity index (χ1v) is 11.3. The highest BCUT2D eigenvalue weighted by Crippen LogP contribution is 2.16. The Bertz CT molecular complexity index is 839. The molecular formula is C16H14Br2Cl2F2O6S. The monoisotopic (exact) mass is 600 g/mol. The minimum atomic E-state index is -1.67. The highest BCUT2D eigenvalue weighted by Gasteiger charge is 2.11. The van der Waals surface area contributed by atoms with Gasteiger partial charge < -0.3 is 14.9 Å². The van der Waals surface area contributed by atoms with Gasteiger partial charge in [-0.05, 0) is 36.4 Å². The number of rotatable bonds is 2. The SMILES string of the molecule is CO.COC(=O)c1ccc(Br)cc1F.O=C(O)c1ccc(Br)cc1F.O=S(Cl)Cl. The molecule has 2 rings (SSSR count). The molecular weight excluding hydrogens is 589 g/mol.